The summed E-state index contributed by atoms with van der Waals surface area (Å²) >= 11 is 0. The van der Waals surface area contributed by atoms with Crippen LogP contribution < -0.4 is 10.2 Å². The van der Waals surface area contributed by atoms with Crippen LogP contribution in [-0.4, -0.2) is 49.5 Å². The highest BCUT2D eigenvalue weighted by molar-refractivity contribution is 5.45. The fourth-order valence-corrected chi connectivity index (χ4v) is 2.56. The van der Waals surface area contributed by atoms with Gasteiger partial charge in [0.2, 0.25) is 6.41 Å². The van der Waals surface area contributed by atoms with Gasteiger partial charge in [0.25, 0.3) is 0 Å². The number of rotatable bonds is 4. The topological polar surface area (TPSA) is 48.5 Å². The van der Waals surface area contributed by atoms with Crippen LogP contribution in [-0.2, 0) is 11.3 Å². The molecule has 1 N–H and O–H groups in total. The Balaban J connectivity index is 0.000000433. The molecule has 1 amide bonds. The Morgan fingerprint density at radius 3 is 2.22 bits per heavy atom. The van der Waals surface area contributed by atoms with E-state index in [2.05, 4.69) is 62.6 Å². The van der Waals surface area contributed by atoms with Gasteiger partial charge in [0, 0.05) is 57.9 Å². The third kappa shape index (κ3) is 5.71. The van der Waals surface area contributed by atoms with Crippen LogP contribution in [0.5, 0.6) is 0 Å². The average Bonchev–Trinajstić information content (AvgIpc) is 2.64. The van der Waals surface area contributed by atoms with Gasteiger partial charge in [0.05, 0.1) is 0 Å². The molecule has 122 valence electrons. The third-order valence-electron chi connectivity index (χ3n) is 3.77. The number of nitrogens with zero attached hydrogens (tertiary/aromatic N) is 3. The van der Waals surface area contributed by atoms with Gasteiger partial charge in [-0.15, -0.1) is 0 Å². The maximum Gasteiger partial charge on any atom is 0.206 e. The Morgan fingerprint density at radius 2 is 1.65 bits per heavy atom. The van der Waals surface area contributed by atoms with Crippen molar-refractivity contribution >= 4 is 12.1 Å². The van der Waals surface area contributed by atoms with E-state index in [-0.39, 0.29) is 0 Å². The quantitative estimate of drug-likeness (QED) is 0.874. The van der Waals surface area contributed by atoms with E-state index in [9.17, 15) is 0 Å². The molecule has 2 aromatic rings. The normalized spacial score (nSPS) is 14.6. The van der Waals surface area contributed by atoms with E-state index < -0.39 is 0 Å². The van der Waals surface area contributed by atoms with Crippen LogP contribution in [0, 0.1) is 0 Å². The lowest BCUT2D eigenvalue weighted by molar-refractivity contribution is -0.109. The molecule has 5 heteroatoms. The molecular formula is C18H24N4O. The lowest BCUT2D eigenvalue weighted by atomic mass is 10.2. The minimum Gasteiger partial charge on any atom is -0.369 e. The molecule has 0 radical (unpaired) electrons. The molecule has 23 heavy (non-hydrogen) atoms. The summed E-state index contributed by atoms with van der Waals surface area (Å²) in [4.78, 5) is 18.1. The zero-order valence-corrected chi connectivity index (χ0v) is 13.6. The number of hydrogen-bond acceptors (Lipinski definition) is 4. The van der Waals surface area contributed by atoms with E-state index in [1.165, 1.54) is 11.3 Å². The lowest BCUT2D eigenvalue weighted by Gasteiger charge is -2.36. The SMILES string of the molecule is CNC=O.c1ccc(CN2CCN(c3ccncc3)CC2)cc1. The number of nitrogens with one attached hydrogen (secondary N) is 1. The molecule has 1 aliphatic rings. The Morgan fingerprint density at radius 1 is 1.04 bits per heavy atom. The minimum absolute atomic E-state index is 0.625. The molecule has 1 fully saturated rings. The van der Waals surface area contributed by atoms with Gasteiger partial charge in [-0.05, 0) is 17.7 Å². The van der Waals surface area contributed by atoms with Crippen LogP contribution in [0.3, 0.4) is 0 Å². The fraction of sp³-hybridized carbons (Fsp3) is 0.333. The second kappa shape index (κ2) is 9.58. The summed E-state index contributed by atoms with van der Waals surface area (Å²) in [5.74, 6) is 0. The van der Waals surface area contributed by atoms with Crippen molar-refractivity contribution in [3.63, 3.8) is 0 Å². The van der Waals surface area contributed by atoms with Crippen LogP contribution in [0.15, 0.2) is 54.9 Å². The van der Waals surface area contributed by atoms with Crippen molar-refractivity contribution in [1.29, 1.82) is 0 Å². The Bertz CT molecular complexity index is 554. The zero-order valence-electron chi connectivity index (χ0n) is 13.6. The number of carbonyl (C=O) groups excluding carboxylic acids is 1. The Kier molecular flexibility index (Phi) is 7.07. The van der Waals surface area contributed by atoms with Crippen LogP contribution >= 0.6 is 0 Å². The van der Waals surface area contributed by atoms with Gasteiger partial charge in [-0.1, -0.05) is 30.3 Å². The monoisotopic (exact) mass is 312 g/mol. The summed E-state index contributed by atoms with van der Waals surface area (Å²) in [6.45, 7) is 5.49. The number of amides is 1. The first-order chi connectivity index (χ1) is 11.3. The fourth-order valence-electron chi connectivity index (χ4n) is 2.56. The molecule has 1 saturated heterocycles. The van der Waals surface area contributed by atoms with Crippen molar-refractivity contribution < 1.29 is 4.79 Å². The number of pyridine rings is 1. The molecule has 0 spiro atoms. The summed E-state index contributed by atoms with van der Waals surface area (Å²) in [5, 5.41) is 2.25. The number of aromatic nitrogens is 1. The van der Waals surface area contributed by atoms with E-state index >= 15 is 0 Å². The molecule has 3 rings (SSSR count). The standard InChI is InChI=1S/C16H19N3.C2H5NO/c1-2-4-15(5-3-1)14-18-10-12-19(13-11-18)16-6-8-17-9-7-16;1-3-2-4/h1-9H,10-14H2;2H,1H3,(H,3,4). The molecule has 0 bridgehead atoms. The van der Waals surface area contributed by atoms with Gasteiger partial charge in [0.1, 0.15) is 0 Å². The number of carbonyl (C=O) groups is 1. The predicted molar refractivity (Wildman–Crippen MR) is 93.3 cm³/mol. The maximum absolute atomic E-state index is 9.06. The molecule has 0 unspecified atom stereocenters. The highest BCUT2D eigenvalue weighted by Crippen LogP contribution is 2.15. The second-order valence-corrected chi connectivity index (χ2v) is 5.36. The molecule has 0 aliphatic carbocycles. The van der Waals surface area contributed by atoms with E-state index in [1.807, 2.05) is 12.4 Å². The van der Waals surface area contributed by atoms with Gasteiger partial charge in [-0.25, -0.2) is 0 Å². The Labute approximate surface area is 137 Å². The first kappa shape index (κ1) is 17.0. The third-order valence-corrected chi connectivity index (χ3v) is 3.77. The van der Waals surface area contributed by atoms with Gasteiger partial charge in [-0.2, -0.15) is 0 Å². The van der Waals surface area contributed by atoms with E-state index in [4.69, 9.17) is 4.79 Å². The van der Waals surface area contributed by atoms with Gasteiger partial charge in [0.15, 0.2) is 0 Å². The predicted octanol–water partition coefficient (Wildman–Crippen LogP) is 1.77. The van der Waals surface area contributed by atoms with Gasteiger partial charge < -0.3 is 10.2 Å². The minimum atomic E-state index is 0.625. The summed E-state index contributed by atoms with van der Waals surface area (Å²) in [5.41, 5.74) is 2.69. The molecule has 1 aromatic carbocycles. The van der Waals surface area contributed by atoms with Crippen LogP contribution in [0.25, 0.3) is 0 Å². The first-order valence-electron chi connectivity index (χ1n) is 7.85. The smallest absolute Gasteiger partial charge is 0.206 e. The molecule has 1 aromatic heterocycles. The molecule has 0 atom stereocenters. The Hall–Kier alpha value is -2.40. The van der Waals surface area contributed by atoms with Crippen LogP contribution in [0.1, 0.15) is 5.56 Å². The van der Waals surface area contributed by atoms with Crippen molar-refractivity contribution in [2.75, 3.05) is 38.1 Å². The average molecular weight is 312 g/mol. The number of anilines is 1. The van der Waals surface area contributed by atoms with Crippen LogP contribution in [0.2, 0.25) is 0 Å². The van der Waals surface area contributed by atoms with E-state index in [1.54, 1.807) is 7.05 Å². The zero-order chi connectivity index (χ0) is 16.3. The maximum atomic E-state index is 9.06. The summed E-state index contributed by atoms with van der Waals surface area (Å²) in [6, 6.07) is 14.9. The highest BCUT2D eigenvalue weighted by Gasteiger charge is 2.16. The highest BCUT2D eigenvalue weighted by atomic mass is 16.1. The largest absolute Gasteiger partial charge is 0.369 e. The second-order valence-electron chi connectivity index (χ2n) is 5.36. The summed E-state index contributed by atoms with van der Waals surface area (Å²) in [6.07, 6.45) is 4.36. The molecule has 5 nitrogen and oxygen atoms in total. The molecule has 1 aliphatic heterocycles. The van der Waals surface area contributed by atoms with Gasteiger partial charge in [-0.3, -0.25) is 14.7 Å². The molecule has 2 heterocycles. The lowest BCUT2D eigenvalue weighted by Crippen LogP contribution is -2.45. The van der Waals surface area contributed by atoms with Crippen molar-refractivity contribution in [2.45, 2.75) is 6.54 Å². The van der Waals surface area contributed by atoms with Crippen molar-refractivity contribution in [2.24, 2.45) is 0 Å². The number of hydrogen-bond donors (Lipinski definition) is 1. The summed E-state index contributed by atoms with van der Waals surface area (Å²) in [7, 11) is 1.56. The molecular weight excluding hydrogens is 288 g/mol. The molecule has 0 saturated carbocycles. The van der Waals surface area contributed by atoms with Crippen molar-refractivity contribution in [3.05, 3.63) is 60.4 Å². The number of benzene rings is 1. The summed E-state index contributed by atoms with van der Waals surface area (Å²) < 4.78 is 0. The van der Waals surface area contributed by atoms with E-state index in [0.717, 1.165) is 32.7 Å². The van der Waals surface area contributed by atoms with Crippen molar-refractivity contribution in [1.82, 2.24) is 15.2 Å². The first-order valence-corrected chi connectivity index (χ1v) is 7.85. The van der Waals surface area contributed by atoms with Crippen LogP contribution in [0.4, 0.5) is 5.69 Å². The number of piperazine rings is 1. The van der Waals surface area contributed by atoms with Crippen molar-refractivity contribution in [3.8, 4) is 0 Å². The van der Waals surface area contributed by atoms with E-state index in [0.29, 0.717) is 6.41 Å². The van der Waals surface area contributed by atoms with Gasteiger partial charge >= 0.3 is 0 Å².